The predicted octanol–water partition coefficient (Wildman–Crippen LogP) is 1.61. The van der Waals surface area contributed by atoms with Gasteiger partial charge in [-0.1, -0.05) is 28.1 Å². The third-order valence-corrected chi connectivity index (χ3v) is 4.36. The number of halogens is 1. The first-order valence-electron chi connectivity index (χ1n) is 5.40. The van der Waals surface area contributed by atoms with E-state index in [4.69, 9.17) is 0 Å². The summed E-state index contributed by atoms with van der Waals surface area (Å²) in [7, 11) is -2.43. The van der Waals surface area contributed by atoms with Crippen molar-refractivity contribution in [3.8, 4) is 0 Å². The molecular weight excluding hydrogens is 336 g/mol. The Bertz CT molecular complexity index is 580. The van der Waals surface area contributed by atoms with Gasteiger partial charge in [-0.3, -0.25) is 9.59 Å². The van der Waals surface area contributed by atoms with Gasteiger partial charge in [0.1, 0.15) is 5.75 Å². The van der Waals surface area contributed by atoms with Gasteiger partial charge in [0.05, 0.1) is 19.3 Å². The molecule has 5 nitrogen and oxygen atoms in total. The van der Waals surface area contributed by atoms with Crippen molar-refractivity contribution in [2.45, 2.75) is 6.42 Å². The number of hydrogen-bond donors (Lipinski definition) is 0. The number of benzene rings is 1. The number of rotatable bonds is 6. The van der Waals surface area contributed by atoms with E-state index in [1.54, 1.807) is 24.3 Å². The second kappa shape index (κ2) is 6.81. The fraction of sp³-hybridized carbons (Fsp3) is 0.333. The Balaban J connectivity index is 2.68. The SMILES string of the molecule is COC(=O)CCS(=O)(=O)CC(=O)c1cccc(Br)c1. The van der Waals surface area contributed by atoms with Crippen LogP contribution in [0.1, 0.15) is 16.8 Å². The Kier molecular flexibility index (Phi) is 5.68. The highest BCUT2D eigenvalue weighted by Crippen LogP contribution is 2.13. The van der Waals surface area contributed by atoms with Crippen LogP contribution < -0.4 is 0 Å². The minimum absolute atomic E-state index is 0.245. The first-order valence-corrected chi connectivity index (χ1v) is 8.01. The molecule has 0 radical (unpaired) electrons. The zero-order valence-electron chi connectivity index (χ0n) is 10.3. The zero-order chi connectivity index (χ0) is 14.5. The third-order valence-electron chi connectivity index (χ3n) is 2.34. The molecule has 1 aromatic rings. The van der Waals surface area contributed by atoms with E-state index in [2.05, 4.69) is 20.7 Å². The molecule has 0 atom stereocenters. The lowest BCUT2D eigenvalue weighted by atomic mass is 10.2. The average molecular weight is 349 g/mol. The van der Waals surface area contributed by atoms with Crippen LogP contribution in [0, 0.1) is 0 Å². The molecule has 0 saturated heterocycles. The maximum Gasteiger partial charge on any atom is 0.306 e. The second-order valence-electron chi connectivity index (χ2n) is 3.85. The first-order chi connectivity index (χ1) is 8.84. The Hall–Kier alpha value is -1.21. The van der Waals surface area contributed by atoms with Gasteiger partial charge < -0.3 is 4.74 Å². The molecule has 104 valence electrons. The first kappa shape index (κ1) is 15.8. The monoisotopic (exact) mass is 348 g/mol. The number of ketones is 1. The summed E-state index contributed by atoms with van der Waals surface area (Å²) in [6.07, 6.45) is -0.245. The molecule has 0 unspecified atom stereocenters. The van der Waals surface area contributed by atoms with Crippen LogP contribution in [0.4, 0.5) is 0 Å². The molecule has 1 aromatic carbocycles. The predicted molar refractivity (Wildman–Crippen MR) is 73.8 cm³/mol. The normalized spacial score (nSPS) is 11.1. The van der Waals surface area contributed by atoms with Gasteiger partial charge in [0.25, 0.3) is 0 Å². The molecule has 0 aliphatic heterocycles. The Morgan fingerprint density at radius 3 is 2.58 bits per heavy atom. The lowest BCUT2D eigenvalue weighted by molar-refractivity contribution is -0.140. The molecule has 0 aromatic heterocycles. The van der Waals surface area contributed by atoms with Crippen LogP contribution in [-0.4, -0.2) is 38.8 Å². The fourth-order valence-electron chi connectivity index (χ4n) is 1.36. The topological polar surface area (TPSA) is 77.5 Å². The van der Waals surface area contributed by atoms with E-state index >= 15 is 0 Å². The molecular formula is C12H13BrO5S. The van der Waals surface area contributed by atoms with Crippen LogP contribution in [0.25, 0.3) is 0 Å². The summed E-state index contributed by atoms with van der Waals surface area (Å²) >= 11 is 3.21. The molecule has 0 fully saturated rings. The van der Waals surface area contributed by atoms with E-state index < -0.39 is 27.3 Å². The van der Waals surface area contributed by atoms with E-state index in [1.165, 1.54) is 7.11 Å². The van der Waals surface area contributed by atoms with E-state index in [1.807, 2.05) is 0 Å². The maximum atomic E-state index is 11.8. The van der Waals surface area contributed by atoms with Gasteiger partial charge in [-0.15, -0.1) is 0 Å². The summed E-state index contributed by atoms with van der Waals surface area (Å²) in [6.45, 7) is 0. The molecule has 0 amide bonds. The van der Waals surface area contributed by atoms with E-state index in [-0.39, 0.29) is 12.2 Å². The van der Waals surface area contributed by atoms with Crippen molar-refractivity contribution in [2.24, 2.45) is 0 Å². The number of ether oxygens (including phenoxy) is 1. The highest BCUT2D eigenvalue weighted by atomic mass is 79.9. The van der Waals surface area contributed by atoms with Crippen LogP contribution >= 0.6 is 15.9 Å². The summed E-state index contributed by atoms with van der Waals surface area (Å²) < 4.78 is 28.4. The fourth-order valence-corrected chi connectivity index (χ4v) is 2.95. The van der Waals surface area contributed by atoms with Crippen LogP contribution in [0.15, 0.2) is 28.7 Å². The van der Waals surface area contributed by atoms with Crippen LogP contribution in [0.5, 0.6) is 0 Å². The van der Waals surface area contributed by atoms with Gasteiger partial charge in [0.2, 0.25) is 0 Å². The smallest absolute Gasteiger partial charge is 0.306 e. The quantitative estimate of drug-likeness (QED) is 0.576. The molecule has 0 N–H and O–H groups in total. The second-order valence-corrected chi connectivity index (χ2v) is 6.95. The lowest BCUT2D eigenvalue weighted by Crippen LogP contribution is -2.21. The Morgan fingerprint density at radius 2 is 2.00 bits per heavy atom. The van der Waals surface area contributed by atoms with Crippen molar-refractivity contribution < 1.29 is 22.7 Å². The summed E-state index contributed by atoms with van der Waals surface area (Å²) in [5, 5.41) is 0. The summed E-state index contributed by atoms with van der Waals surface area (Å²) in [6, 6.07) is 6.49. The minimum atomic E-state index is -3.61. The highest BCUT2D eigenvalue weighted by Gasteiger charge is 2.19. The van der Waals surface area contributed by atoms with Crippen molar-refractivity contribution in [1.29, 1.82) is 0 Å². The maximum absolute atomic E-state index is 11.8. The van der Waals surface area contributed by atoms with Gasteiger partial charge in [-0.25, -0.2) is 8.42 Å². The summed E-state index contributed by atoms with van der Waals surface area (Å²) in [5.41, 5.74) is 0.316. The van der Waals surface area contributed by atoms with Gasteiger partial charge in [-0.2, -0.15) is 0 Å². The van der Waals surface area contributed by atoms with Crippen molar-refractivity contribution >= 4 is 37.5 Å². The number of carbonyl (C=O) groups is 2. The van der Waals surface area contributed by atoms with E-state index in [0.29, 0.717) is 10.0 Å². The number of Topliss-reactive ketones (excluding diaryl/α,β-unsaturated/α-hetero) is 1. The largest absolute Gasteiger partial charge is 0.469 e. The van der Waals surface area contributed by atoms with Gasteiger partial charge in [-0.05, 0) is 12.1 Å². The standard InChI is InChI=1S/C12H13BrO5S/c1-18-12(15)5-6-19(16,17)8-11(14)9-3-2-4-10(13)7-9/h2-4,7H,5-6,8H2,1H3. The molecule has 0 aliphatic rings. The third kappa shape index (κ3) is 5.52. The molecule has 0 saturated carbocycles. The van der Waals surface area contributed by atoms with Crippen LogP contribution in [-0.2, 0) is 19.4 Å². The molecule has 0 heterocycles. The Labute approximate surface area is 120 Å². The van der Waals surface area contributed by atoms with Crippen molar-refractivity contribution in [3.63, 3.8) is 0 Å². The average Bonchev–Trinajstić information content (AvgIpc) is 2.35. The van der Waals surface area contributed by atoms with E-state index in [9.17, 15) is 18.0 Å². The lowest BCUT2D eigenvalue weighted by Gasteiger charge is -2.04. The van der Waals surface area contributed by atoms with Gasteiger partial charge in [0.15, 0.2) is 15.6 Å². The Morgan fingerprint density at radius 1 is 1.32 bits per heavy atom. The van der Waals surface area contributed by atoms with Crippen molar-refractivity contribution in [1.82, 2.24) is 0 Å². The van der Waals surface area contributed by atoms with Gasteiger partial charge >= 0.3 is 5.97 Å². The molecule has 0 aliphatic carbocycles. The minimum Gasteiger partial charge on any atom is -0.469 e. The van der Waals surface area contributed by atoms with Crippen molar-refractivity contribution in [2.75, 3.05) is 18.6 Å². The molecule has 0 bridgehead atoms. The number of carbonyl (C=O) groups excluding carboxylic acids is 2. The number of sulfone groups is 1. The molecule has 0 spiro atoms. The molecule has 19 heavy (non-hydrogen) atoms. The molecule has 1 rings (SSSR count). The zero-order valence-corrected chi connectivity index (χ0v) is 12.7. The van der Waals surface area contributed by atoms with Crippen LogP contribution in [0.3, 0.4) is 0 Å². The van der Waals surface area contributed by atoms with Crippen LogP contribution in [0.2, 0.25) is 0 Å². The summed E-state index contributed by atoms with van der Waals surface area (Å²) in [5.74, 6) is -2.11. The van der Waals surface area contributed by atoms with Crippen molar-refractivity contribution in [3.05, 3.63) is 34.3 Å². The summed E-state index contributed by atoms with van der Waals surface area (Å²) in [4.78, 5) is 22.7. The van der Waals surface area contributed by atoms with Gasteiger partial charge in [0, 0.05) is 10.0 Å². The molecule has 7 heteroatoms. The number of hydrogen-bond acceptors (Lipinski definition) is 5. The highest BCUT2D eigenvalue weighted by molar-refractivity contribution is 9.10. The van der Waals surface area contributed by atoms with E-state index in [0.717, 1.165) is 0 Å². The number of esters is 1. The number of methoxy groups -OCH3 is 1.